The van der Waals surface area contributed by atoms with Crippen molar-refractivity contribution >= 4 is 6.03 Å². The summed E-state index contributed by atoms with van der Waals surface area (Å²) >= 11 is 0. The van der Waals surface area contributed by atoms with E-state index < -0.39 is 0 Å². The Bertz CT molecular complexity index is 240. The number of rotatable bonds is 2. The summed E-state index contributed by atoms with van der Waals surface area (Å²) in [7, 11) is 1.83. The average Bonchev–Trinajstić information content (AvgIpc) is 2.62. The third-order valence-electron chi connectivity index (χ3n) is 3.49. The zero-order valence-electron chi connectivity index (χ0n) is 10.3. The lowest BCUT2D eigenvalue weighted by molar-refractivity contribution is 0.120. The Labute approximate surface area is 92.4 Å². The molecule has 2 amide bonds. The van der Waals surface area contributed by atoms with Crippen LogP contribution in [0.25, 0.3) is 0 Å². The quantitative estimate of drug-likeness (QED) is 0.750. The van der Waals surface area contributed by atoms with Crippen molar-refractivity contribution in [1.29, 1.82) is 0 Å². The molecule has 4 heteroatoms. The fraction of sp³-hybridized carbons (Fsp3) is 0.909. The van der Waals surface area contributed by atoms with Gasteiger partial charge in [0.25, 0.3) is 0 Å². The normalized spacial score (nSPS) is 21.9. The summed E-state index contributed by atoms with van der Waals surface area (Å²) in [6.45, 7) is 7.45. The second-order valence-corrected chi connectivity index (χ2v) is 5.04. The Morgan fingerprint density at radius 1 is 1.60 bits per heavy atom. The molecule has 0 aromatic heterocycles. The molecule has 1 rings (SSSR count). The van der Waals surface area contributed by atoms with E-state index in [0.717, 1.165) is 19.4 Å². The number of carbonyl (C=O) groups excluding carboxylic acids is 1. The molecule has 15 heavy (non-hydrogen) atoms. The number of hydrogen-bond donors (Lipinski definition) is 1. The second-order valence-electron chi connectivity index (χ2n) is 5.04. The number of amides is 2. The van der Waals surface area contributed by atoms with E-state index in [1.807, 2.05) is 25.8 Å². The molecule has 1 atom stereocenters. The molecule has 4 nitrogen and oxygen atoms in total. The Balaban J connectivity index is 2.67. The minimum absolute atomic E-state index is 0.107. The molecule has 0 spiro atoms. The summed E-state index contributed by atoms with van der Waals surface area (Å²) in [5.74, 6) is 0. The summed E-state index contributed by atoms with van der Waals surface area (Å²) in [6.07, 6.45) is 2.23. The third-order valence-corrected chi connectivity index (χ3v) is 3.49. The van der Waals surface area contributed by atoms with E-state index >= 15 is 0 Å². The zero-order valence-corrected chi connectivity index (χ0v) is 10.3. The first-order chi connectivity index (χ1) is 6.90. The zero-order chi connectivity index (χ0) is 11.6. The van der Waals surface area contributed by atoms with Gasteiger partial charge in [-0.15, -0.1) is 0 Å². The van der Waals surface area contributed by atoms with Gasteiger partial charge in [-0.3, -0.25) is 0 Å². The second kappa shape index (κ2) is 4.39. The third kappa shape index (κ3) is 2.43. The monoisotopic (exact) mass is 213 g/mol. The number of nitrogens with two attached hydrogens (primary N) is 1. The number of urea groups is 1. The predicted octanol–water partition coefficient (Wildman–Crippen LogP) is 1.26. The van der Waals surface area contributed by atoms with E-state index in [1.54, 1.807) is 4.90 Å². The van der Waals surface area contributed by atoms with Crippen LogP contribution in [0, 0.1) is 0 Å². The van der Waals surface area contributed by atoms with Gasteiger partial charge in [0.05, 0.1) is 5.54 Å². The summed E-state index contributed by atoms with van der Waals surface area (Å²) in [5.41, 5.74) is 5.40. The van der Waals surface area contributed by atoms with Crippen molar-refractivity contribution in [2.75, 3.05) is 20.1 Å². The minimum atomic E-state index is -0.264. The fourth-order valence-corrected chi connectivity index (χ4v) is 1.81. The van der Waals surface area contributed by atoms with Gasteiger partial charge in [-0.05, 0) is 33.6 Å². The number of likely N-dealkylation sites (tertiary alicyclic amines) is 1. The summed E-state index contributed by atoms with van der Waals surface area (Å²) in [4.78, 5) is 15.9. The molecule has 1 heterocycles. The maximum absolute atomic E-state index is 12.2. The first-order valence-electron chi connectivity index (χ1n) is 5.64. The molecule has 0 aliphatic carbocycles. The molecule has 1 saturated heterocycles. The van der Waals surface area contributed by atoms with Crippen molar-refractivity contribution in [2.45, 2.75) is 45.2 Å². The van der Waals surface area contributed by atoms with Gasteiger partial charge >= 0.3 is 6.03 Å². The van der Waals surface area contributed by atoms with Crippen LogP contribution in [0.15, 0.2) is 0 Å². The maximum Gasteiger partial charge on any atom is 0.320 e. The predicted molar refractivity (Wildman–Crippen MR) is 61.7 cm³/mol. The van der Waals surface area contributed by atoms with Gasteiger partial charge < -0.3 is 15.5 Å². The fourth-order valence-electron chi connectivity index (χ4n) is 1.81. The number of carbonyl (C=O) groups is 1. The summed E-state index contributed by atoms with van der Waals surface area (Å²) < 4.78 is 0. The number of nitrogens with zero attached hydrogens (tertiary/aromatic N) is 2. The maximum atomic E-state index is 12.2. The molecule has 1 aliphatic heterocycles. The molecular weight excluding hydrogens is 190 g/mol. The van der Waals surface area contributed by atoms with Crippen molar-refractivity contribution in [1.82, 2.24) is 9.80 Å². The highest BCUT2D eigenvalue weighted by atomic mass is 16.2. The molecule has 0 aromatic carbocycles. The van der Waals surface area contributed by atoms with Crippen molar-refractivity contribution in [3.05, 3.63) is 0 Å². The van der Waals surface area contributed by atoms with Crippen LogP contribution in [0.4, 0.5) is 4.79 Å². The van der Waals surface area contributed by atoms with Gasteiger partial charge in [-0.25, -0.2) is 4.79 Å². The van der Waals surface area contributed by atoms with Gasteiger partial charge in [-0.1, -0.05) is 0 Å². The van der Waals surface area contributed by atoms with Gasteiger partial charge in [0, 0.05) is 26.2 Å². The van der Waals surface area contributed by atoms with Gasteiger partial charge in [0.15, 0.2) is 0 Å². The van der Waals surface area contributed by atoms with Crippen LogP contribution in [0.3, 0.4) is 0 Å². The van der Waals surface area contributed by atoms with Crippen molar-refractivity contribution in [2.24, 2.45) is 5.73 Å². The molecule has 2 N–H and O–H groups in total. The highest BCUT2D eigenvalue weighted by molar-refractivity contribution is 5.75. The molecular formula is C11H23N3O. The highest BCUT2D eigenvalue weighted by Crippen LogP contribution is 2.21. The van der Waals surface area contributed by atoms with Crippen LogP contribution in [-0.2, 0) is 0 Å². The molecule has 0 saturated carbocycles. The lowest BCUT2D eigenvalue weighted by atomic mass is 10.0. The number of likely N-dealkylation sites (N-methyl/N-ethyl adjacent to an activating group) is 1. The van der Waals surface area contributed by atoms with E-state index in [4.69, 9.17) is 5.73 Å². The van der Waals surface area contributed by atoms with E-state index in [1.165, 1.54) is 0 Å². The molecule has 1 aliphatic rings. The molecule has 0 aromatic rings. The number of hydrogen-bond acceptors (Lipinski definition) is 2. The van der Waals surface area contributed by atoms with Crippen LogP contribution in [0.1, 0.15) is 33.6 Å². The Morgan fingerprint density at radius 2 is 2.20 bits per heavy atom. The van der Waals surface area contributed by atoms with E-state index in [-0.39, 0.29) is 11.6 Å². The van der Waals surface area contributed by atoms with Crippen LogP contribution in [0.2, 0.25) is 0 Å². The Hall–Kier alpha value is -0.770. The van der Waals surface area contributed by atoms with Crippen LogP contribution >= 0.6 is 0 Å². The lowest BCUT2D eigenvalue weighted by Gasteiger charge is -2.38. The van der Waals surface area contributed by atoms with Crippen LogP contribution in [-0.4, -0.2) is 47.5 Å². The first kappa shape index (κ1) is 12.3. The molecule has 1 unspecified atom stereocenters. The topological polar surface area (TPSA) is 49.6 Å². The van der Waals surface area contributed by atoms with Crippen molar-refractivity contribution in [3.8, 4) is 0 Å². The first-order valence-corrected chi connectivity index (χ1v) is 5.64. The van der Waals surface area contributed by atoms with Gasteiger partial charge in [0.1, 0.15) is 0 Å². The van der Waals surface area contributed by atoms with E-state index in [0.29, 0.717) is 12.6 Å². The van der Waals surface area contributed by atoms with Crippen LogP contribution in [0.5, 0.6) is 0 Å². The summed E-state index contributed by atoms with van der Waals surface area (Å²) in [5, 5.41) is 0. The lowest BCUT2D eigenvalue weighted by Crippen LogP contribution is -2.55. The average molecular weight is 213 g/mol. The SMILES string of the molecule is CC1CCCN1C(=O)N(C)C(C)(C)CN. The largest absolute Gasteiger partial charge is 0.328 e. The molecule has 0 radical (unpaired) electrons. The van der Waals surface area contributed by atoms with E-state index in [9.17, 15) is 4.79 Å². The van der Waals surface area contributed by atoms with E-state index in [2.05, 4.69) is 6.92 Å². The van der Waals surface area contributed by atoms with Crippen LogP contribution < -0.4 is 5.73 Å². The van der Waals surface area contributed by atoms with Crippen molar-refractivity contribution < 1.29 is 4.79 Å². The molecule has 1 fully saturated rings. The molecule has 88 valence electrons. The van der Waals surface area contributed by atoms with Gasteiger partial charge in [-0.2, -0.15) is 0 Å². The van der Waals surface area contributed by atoms with Gasteiger partial charge in [0.2, 0.25) is 0 Å². The summed E-state index contributed by atoms with van der Waals surface area (Å²) in [6, 6.07) is 0.476. The Kier molecular flexibility index (Phi) is 3.60. The Morgan fingerprint density at radius 3 is 2.60 bits per heavy atom. The minimum Gasteiger partial charge on any atom is -0.328 e. The molecule has 0 bridgehead atoms. The smallest absolute Gasteiger partial charge is 0.320 e. The van der Waals surface area contributed by atoms with Crippen molar-refractivity contribution in [3.63, 3.8) is 0 Å². The highest BCUT2D eigenvalue weighted by Gasteiger charge is 2.33. The standard InChI is InChI=1S/C11H23N3O/c1-9-6-5-7-14(9)10(15)13(4)11(2,3)8-12/h9H,5-8,12H2,1-4H3.